The van der Waals surface area contributed by atoms with Crippen molar-refractivity contribution < 1.29 is 14.6 Å². The van der Waals surface area contributed by atoms with Gasteiger partial charge in [-0.3, -0.25) is 0 Å². The molecule has 0 spiro atoms. The molecule has 0 aliphatic heterocycles. The topological polar surface area (TPSA) is 58.6 Å². The molecule has 0 heterocycles. The summed E-state index contributed by atoms with van der Waals surface area (Å²) in [6, 6.07) is 20.3. The van der Waals surface area contributed by atoms with Gasteiger partial charge in [-0.1, -0.05) is 60.4 Å². The number of benzene rings is 3. The molecule has 0 unspecified atom stereocenters. The summed E-state index contributed by atoms with van der Waals surface area (Å²) >= 11 is 0. The Hall–Kier alpha value is -3.71. The standard InChI is InChI=1S/C27H25NO3/c1-18-15-20(16-19(2)26(18)29)9-7-8-14-28-27(30)31-17-25-23-12-5-3-10-21(23)22-11-4-6-13-24(22)25/h3-6,10-13,15-16,25,29H,8,14,17H2,1-2H3,(H,28,30). The van der Waals surface area contributed by atoms with Crippen LogP contribution in [0.4, 0.5) is 4.79 Å². The fraction of sp³-hybridized carbons (Fsp3) is 0.222. The highest BCUT2D eigenvalue weighted by Gasteiger charge is 2.28. The van der Waals surface area contributed by atoms with Gasteiger partial charge in [0.1, 0.15) is 12.4 Å². The van der Waals surface area contributed by atoms with Crippen LogP contribution in [-0.4, -0.2) is 24.4 Å². The monoisotopic (exact) mass is 411 g/mol. The minimum Gasteiger partial charge on any atom is -0.507 e. The lowest BCUT2D eigenvalue weighted by molar-refractivity contribution is 0.143. The summed E-state index contributed by atoms with van der Waals surface area (Å²) in [5, 5.41) is 12.6. The van der Waals surface area contributed by atoms with Crippen LogP contribution < -0.4 is 5.32 Å². The predicted molar refractivity (Wildman–Crippen MR) is 122 cm³/mol. The molecule has 4 rings (SSSR count). The van der Waals surface area contributed by atoms with E-state index in [2.05, 4.69) is 41.4 Å². The van der Waals surface area contributed by atoms with Crippen molar-refractivity contribution in [3.63, 3.8) is 0 Å². The van der Waals surface area contributed by atoms with Gasteiger partial charge in [0.05, 0.1) is 0 Å². The molecular weight excluding hydrogens is 386 g/mol. The molecule has 31 heavy (non-hydrogen) atoms. The molecule has 0 fully saturated rings. The lowest BCUT2D eigenvalue weighted by atomic mass is 9.98. The third kappa shape index (κ3) is 4.41. The molecule has 2 N–H and O–H groups in total. The summed E-state index contributed by atoms with van der Waals surface area (Å²) in [6.45, 7) is 4.43. The summed E-state index contributed by atoms with van der Waals surface area (Å²) in [7, 11) is 0. The van der Waals surface area contributed by atoms with Crippen LogP contribution in [0.3, 0.4) is 0 Å². The Bertz CT molecular complexity index is 1120. The summed E-state index contributed by atoms with van der Waals surface area (Å²) in [5.41, 5.74) is 7.28. The Morgan fingerprint density at radius 3 is 2.19 bits per heavy atom. The smallest absolute Gasteiger partial charge is 0.407 e. The summed E-state index contributed by atoms with van der Waals surface area (Å²) in [6.07, 6.45) is 0.0865. The first kappa shape index (κ1) is 20.6. The van der Waals surface area contributed by atoms with Gasteiger partial charge in [0.25, 0.3) is 0 Å². The fourth-order valence-corrected chi connectivity index (χ4v) is 4.07. The zero-order chi connectivity index (χ0) is 21.8. The second-order valence-electron chi connectivity index (χ2n) is 7.76. The number of alkyl carbamates (subject to hydrolysis) is 1. The van der Waals surface area contributed by atoms with E-state index in [0.29, 0.717) is 25.3 Å². The largest absolute Gasteiger partial charge is 0.507 e. The predicted octanol–water partition coefficient (Wildman–Crippen LogP) is 5.29. The minimum absolute atomic E-state index is 0.0546. The first-order valence-corrected chi connectivity index (χ1v) is 10.4. The van der Waals surface area contributed by atoms with E-state index >= 15 is 0 Å². The number of amides is 1. The van der Waals surface area contributed by atoms with E-state index in [-0.39, 0.29) is 5.92 Å². The van der Waals surface area contributed by atoms with Crippen molar-refractivity contribution >= 4 is 6.09 Å². The number of ether oxygens (including phenoxy) is 1. The number of rotatable bonds is 4. The highest BCUT2D eigenvalue weighted by atomic mass is 16.5. The molecule has 0 aromatic heterocycles. The Morgan fingerprint density at radius 1 is 1.00 bits per heavy atom. The number of aryl methyl sites for hydroxylation is 2. The Labute approximate surface area is 182 Å². The number of fused-ring (bicyclic) bond motifs is 3. The molecule has 0 radical (unpaired) electrons. The number of nitrogens with one attached hydrogen (secondary N) is 1. The van der Waals surface area contributed by atoms with E-state index in [1.807, 2.05) is 50.2 Å². The van der Waals surface area contributed by atoms with Gasteiger partial charge >= 0.3 is 6.09 Å². The molecule has 1 amide bonds. The maximum Gasteiger partial charge on any atom is 0.407 e. The van der Waals surface area contributed by atoms with Gasteiger partial charge in [0.2, 0.25) is 0 Å². The van der Waals surface area contributed by atoms with Crippen molar-refractivity contribution in [2.75, 3.05) is 13.2 Å². The molecule has 0 saturated carbocycles. The average Bonchev–Trinajstić information content (AvgIpc) is 3.09. The van der Waals surface area contributed by atoms with Crippen LogP contribution in [0.25, 0.3) is 11.1 Å². The first-order valence-electron chi connectivity index (χ1n) is 10.4. The van der Waals surface area contributed by atoms with Gasteiger partial charge in [-0.25, -0.2) is 4.79 Å². The highest BCUT2D eigenvalue weighted by Crippen LogP contribution is 2.44. The molecule has 4 nitrogen and oxygen atoms in total. The number of phenols is 1. The third-order valence-corrected chi connectivity index (χ3v) is 5.59. The molecule has 0 saturated heterocycles. The highest BCUT2D eigenvalue weighted by molar-refractivity contribution is 5.79. The Morgan fingerprint density at radius 2 is 1.58 bits per heavy atom. The number of hydrogen-bond acceptors (Lipinski definition) is 3. The van der Waals surface area contributed by atoms with Crippen molar-refractivity contribution in [3.05, 3.63) is 88.5 Å². The van der Waals surface area contributed by atoms with Crippen LogP contribution in [-0.2, 0) is 4.74 Å². The molecule has 1 aliphatic rings. The number of phenolic OH excluding ortho intramolecular Hbond substituents is 1. The third-order valence-electron chi connectivity index (χ3n) is 5.59. The molecule has 3 aromatic rings. The molecule has 4 heteroatoms. The van der Waals surface area contributed by atoms with Crippen LogP contribution in [0.1, 0.15) is 40.2 Å². The van der Waals surface area contributed by atoms with Gasteiger partial charge in [-0.2, -0.15) is 0 Å². The summed E-state index contributed by atoms with van der Waals surface area (Å²) in [5.74, 6) is 6.49. The molecule has 0 bridgehead atoms. The van der Waals surface area contributed by atoms with Gasteiger partial charge in [-0.15, -0.1) is 0 Å². The molecule has 0 atom stereocenters. The van der Waals surface area contributed by atoms with Crippen LogP contribution in [0, 0.1) is 25.7 Å². The average molecular weight is 412 g/mol. The summed E-state index contributed by atoms with van der Waals surface area (Å²) in [4.78, 5) is 12.2. The lowest BCUT2D eigenvalue weighted by Crippen LogP contribution is -2.26. The maximum atomic E-state index is 12.2. The van der Waals surface area contributed by atoms with E-state index in [1.165, 1.54) is 22.3 Å². The maximum absolute atomic E-state index is 12.2. The number of aromatic hydroxyl groups is 1. The van der Waals surface area contributed by atoms with Gasteiger partial charge in [0, 0.05) is 24.4 Å². The van der Waals surface area contributed by atoms with Gasteiger partial charge in [-0.05, 0) is 59.4 Å². The molecule has 3 aromatic carbocycles. The normalized spacial score (nSPS) is 11.8. The SMILES string of the molecule is Cc1cc(C#CCCNC(=O)OCC2c3ccccc3-c3ccccc32)cc(C)c1O. The molecule has 1 aliphatic carbocycles. The molecule has 156 valence electrons. The van der Waals surface area contributed by atoms with Crippen LogP contribution in [0.2, 0.25) is 0 Å². The van der Waals surface area contributed by atoms with Gasteiger partial charge < -0.3 is 15.2 Å². The first-order chi connectivity index (χ1) is 15.0. The van der Waals surface area contributed by atoms with Crippen molar-refractivity contribution in [3.8, 4) is 28.7 Å². The Balaban J connectivity index is 1.29. The van der Waals surface area contributed by atoms with Crippen molar-refractivity contribution in [1.29, 1.82) is 0 Å². The Kier molecular flexibility index (Phi) is 5.95. The minimum atomic E-state index is -0.431. The lowest BCUT2D eigenvalue weighted by Gasteiger charge is -2.14. The fourth-order valence-electron chi connectivity index (χ4n) is 4.07. The van der Waals surface area contributed by atoms with E-state index in [1.54, 1.807) is 0 Å². The quantitative estimate of drug-likeness (QED) is 0.453. The summed E-state index contributed by atoms with van der Waals surface area (Å²) < 4.78 is 5.52. The van der Waals surface area contributed by atoms with E-state index < -0.39 is 6.09 Å². The van der Waals surface area contributed by atoms with E-state index in [0.717, 1.165) is 16.7 Å². The zero-order valence-electron chi connectivity index (χ0n) is 17.7. The van der Waals surface area contributed by atoms with Crippen molar-refractivity contribution in [1.82, 2.24) is 5.32 Å². The second kappa shape index (κ2) is 8.97. The van der Waals surface area contributed by atoms with Gasteiger partial charge in [0.15, 0.2) is 0 Å². The molecular formula is C27H25NO3. The number of carbonyl (C=O) groups excluding carboxylic acids is 1. The van der Waals surface area contributed by atoms with E-state index in [4.69, 9.17) is 4.74 Å². The van der Waals surface area contributed by atoms with Crippen molar-refractivity contribution in [2.24, 2.45) is 0 Å². The van der Waals surface area contributed by atoms with Crippen LogP contribution >= 0.6 is 0 Å². The number of hydrogen-bond donors (Lipinski definition) is 2. The number of carbonyl (C=O) groups is 1. The second-order valence-corrected chi connectivity index (χ2v) is 7.76. The van der Waals surface area contributed by atoms with Crippen LogP contribution in [0.15, 0.2) is 60.7 Å². The van der Waals surface area contributed by atoms with Crippen molar-refractivity contribution in [2.45, 2.75) is 26.2 Å². The zero-order valence-corrected chi connectivity index (χ0v) is 17.7. The van der Waals surface area contributed by atoms with Crippen LogP contribution in [0.5, 0.6) is 5.75 Å². The van der Waals surface area contributed by atoms with E-state index in [9.17, 15) is 9.90 Å².